The Labute approximate surface area is 155 Å². The summed E-state index contributed by atoms with van der Waals surface area (Å²) in [7, 11) is 0. The van der Waals surface area contributed by atoms with E-state index in [0.717, 1.165) is 36.3 Å². The summed E-state index contributed by atoms with van der Waals surface area (Å²) in [5.41, 5.74) is 2.19. The van der Waals surface area contributed by atoms with Crippen LogP contribution in [0.4, 0.5) is 4.39 Å². The fourth-order valence-corrected chi connectivity index (χ4v) is 2.54. The molecule has 27 heavy (non-hydrogen) atoms. The van der Waals surface area contributed by atoms with Crippen LogP contribution in [-0.2, 0) is 22.6 Å². The van der Waals surface area contributed by atoms with Crippen LogP contribution in [0.15, 0.2) is 42.5 Å². The topological polar surface area (TPSA) is 116 Å². The minimum Gasteiger partial charge on any atom is -0.508 e. The standard InChI is InChI=1S/C17H18FNO2.C2H2O4/c18-14-5-1-12(2-6-14)10-19-11-16-8-4-13-3-7-15(20)9-17(13)21-16;3-1(4)2(5)6/h1-3,5-7,9,16,19-20H,4,8,10-11H2;(H,3,4)(H,5,6). The number of halogens is 1. The first-order valence-corrected chi connectivity index (χ1v) is 8.25. The number of carboxylic acid groups (broad SMARTS) is 2. The zero-order valence-corrected chi connectivity index (χ0v) is 14.4. The lowest BCUT2D eigenvalue weighted by Gasteiger charge is -2.26. The van der Waals surface area contributed by atoms with E-state index >= 15 is 0 Å². The van der Waals surface area contributed by atoms with E-state index in [9.17, 15) is 9.50 Å². The Bertz CT molecular complexity index is 781. The van der Waals surface area contributed by atoms with Gasteiger partial charge in [-0.25, -0.2) is 14.0 Å². The number of aryl methyl sites for hydroxylation is 1. The number of aliphatic carboxylic acids is 2. The van der Waals surface area contributed by atoms with Gasteiger partial charge in [0.05, 0.1) is 0 Å². The monoisotopic (exact) mass is 377 g/mol. The number of aromatic hydroxyl groups is 1. The predicted molar refractivity (Wildman–Crippen MR) is 94.2 cm³/mol. The van der Waals surface area contributed by atoms with Crippen molar-refractivity contribution in [2.45, 2.75) is 25.5 Å². The highest BCUT2D eigenvalue weighted by molar-refractivity contribution is 6.27. The van der Waals surface area contributed by atoms with Crippen molar-refractivity contribution in [3.8, 4) is 11.5 Å². The average molecular weight is 377 g/mol. The Hall–Kier alpha value is -3.13. The summed E-state index contributed by atoms with van der Waals surface area (Å²) in [5.74, 6) is -2.86. The van der Waals surface area contributed by atoms with Crippen LogP contribution in [0.1, 0.15) is 17.5 Å². The second kappa shape index (κ2) is 9.54. The van der Waals surface area contributed by atoms with E-state index in [-0.39, 0.29) is 17.7 Å². The van der Waals surface area contributed by atoms with E-state index in [2.05, 4.69) is 5.32 Å². The molecular weight excluding hydrogens is 357 g/mol. The molecule has 0 saturated heterocycles. The first-order chi connectivity index (χ1) is 12.8. The van der Waals surface area contributed by atoms with Crippen molar-refractivity contribution in [1.29, 1.82) is 0 Å². The molecular formula is C19H20FNO6. The van der Waals surface area contributed by atoms with Crippen molar-refractivity contribution < 1.29 is 34.0 Å². The molecule has 2 aromatic carbocycles. The number of rotatable bonds is 4. The molecule has 7 nitrogen and oxygen atoms in total. The first-order valence-electron chi connectivity index (χ1n) is 8.25. The van der Waals surface area contributed by atoms with Gasteiger partial charge < -0.3 is 25.4 Å². The van der Waals surface area contributed by atoms with Gasteiger partial charge in [0.2, 0.25) is 0 Å². The van der Waals surface area contributed by atoms with Gasteiger partial charge in [-0.2, -0.15) is 0 Å². The number of nitrogens with one attached hydrogen (secondary N) is 1. The predicted octanol–water partition coefficient (Wildman–Crippen LogP) is 2.17. The fourth-order valence-electron chi connectivity index (χ4n) is 2.54. The van der Waals surface area contributed by atoms with Crippen LogP contribution in [0.2, 0.25) is 0 Å². The van der Waals surface area contributed by atoms with Crippen molar-refractivity contribution in [2.75, 3.05) is 6.54 Å². The zero-order valence-electron chi connectivity index (χ0n) is 14.4. The van der Waals surface area contributed by atoms with E-state index in [1.54, 1.807) is 24.3 Å². The molecule has 0 bridgehead atoms. The van der Waals surface area contributed by atoms with Crippen molar-refractivity contribution in [1.82, 2.24) is 5.32 Å². The van der Waals surface area contributed by atoms with E-state index in [1.165, 1.54) is 12.1 Å². The van der Waals surface area contributed by atoms with Gasteiger partial charge in [0, 0.05) is 19.2 Å². The lowest BCUT2D eigenvalue weighted by molar-refractivity contribution is -0.159. The highest BCUT2D eigenvalue weighted by atomic mass is 19.1. The summed E-state index contributed by atoms with van der Waals surface area (Å²) in [6.07, 6.45) is 2.01. The van der Waals surface area contributed by atoms with Crippen molar-refractivity contribution in [3.05, 3.63) is 59.4 Å². The van der Waals surface area contributed by atoms with Gasteiger partial charge in [-0.15, -0.1) is 0 Å². The quantitative estimate of drug-likeness (QED) is 0.604. The number of ether oxygens (including phenoxy) is 1. The maximum Gasteiger partial charge on any atom is 0.414 e. The Kier molecular flexibility index (Phi) is 7.13. The Morgan fingerprint density at radius 3 is 2.41 bits per heavy atom. The van der Waals surface area contributed by atoms with Gasteiger partial charge in [0.25, 0.3) is 0 Å². The number of carboxylic acids is 2. The number of hydrogen-bond acceptors (Lipinski definition) is 5. The van der Waals surface area contributed by atoms with Crippen LogP contribution < -0.4 is 10.1 Å². The number of carbonyl (C=O) groups is 2. The molecule has 0 amide bonds. The molecule has 1 heterocycles. The molecule has 0 aliphatic carbocycles. The van der Waals surface area contributed by atoms with Crippen LogP contribution >= 0.6 is 0 Å². The van der Waals surface area contributed by atoms with Gasteiger partial charge in [0.15, 0.2) is 0 Å². The van der Waals surface area contributed by atoms with E-state index in [0.29, 0.717) is 6.54 Å². The van der Waals surface area contributed by atoms with E-state index in [4.69, 9.17) is 24.5 Å². The third kappa shape index (κ3) is 6.59. The molecule has 0 spiro atoms. The van der Waals surface area contributed by atoms with Crippen LogP contribution in [0.25, 0.3) is 0 Å². The van der Waals surface area contributed by atoms with Crippen LogP contribution in [0.5, 0.6) is 11.5 Å². The molecule has 1 unspecified atom stereocenters. The number of phenolic OH excluding ortho intramolecular Hbond substituents is 1. The van der Waals surface area contributed by atoms with Crippen molar-refractivity contribution in [2.24, 2.45) is 0 Å². The van der Waals surface area contributed by atoms with Gasteiger partial charge in [-0.3, -0.25) is 0 Å². The molecule has 3 rings (SSSR count). The highest BCUT2D eigenvalue weighted by Gasteiger charge is 2.19. The normalized spacial score (nSPS) is 14.9. The lowest BCUT2D eigenvalue weighted by atomic mass is 10.0. The smallest absolute Gasteiger partial charge is 0.414 e. The van der Waals surface area contributed by atoms with E-state index in [1.807, 2.05) is 6.07 Å². The molecule has 0 radical (unpaired) electrons. The summed E-state index contributed by atoms with van der Waals surface area (Å²) in [6, 6.07) is 11.7. The first kappa shape index (κ1) is 20.2. The number of hydrogen-bond donors (Lipinski definition) is 4. The summed E-state index contributed by atoms with van der Waals surface area (Å²) in [5, 5.41) is 27.6. The third-order valence-corrected chi connectivity index (χ3v) is 3.88. The fraction of sp³-hybridized carbons (Fsp3) is 0.263. The molecule has 1 aliphatic heterocycles. The molecule has 0 saturated carbocycles. The SMILES string of the molecule is O=C(O)C(=O)O.Oc1ccc2c(c1)OC(CNCc1ccc(F)cc1)CC2. The minimum absolute atomic E-state index is 0.0970. The minimum atomic E-state index is -1.82. The van der Waals surface area contributed by atoms with Crippen LogP contribution in [0, 0.1) is 5.82 Å². The van der Waals surface area contributed by atoms with Crippen LogP contribution in [-0.4, -0.2) is 39.9 Å². The van der Waals surface area contributed by atoms with Crippen molar-refractivity contribution in [3.63, 3.8) is 0 Å². The summed E-state index contributed by atoms with van der Waals surface area (Å²) >= 11 is 0. The maximum atomic E-state index is 12.8. The van der Waals surface area contributed by atoms with E-state index < -0.39 is 11.9 Å². The van der Waals surface area contributed by atoms with Gasteiger partial charge in [-0.05, 0) is 42.2 Å². The van der Waals surface area contributed by atoms with Gasteiger partial charge >= 0.3 is 11.9 Å². The van der Waals surface area contributed by atoms with Gasteiger partial charge in [0.1, 0.15) is 23.4 Å². The molecule has 1 aliphatic rings. The molecule has 144 valence electrons. The summed E-state index contributed by atoms with van der Waals surface area (Å²) in [4.78, 5) is 18.2. The molecule has 0 fully saturated rings. The number of phenols is 1. The number of fused-ring (bicyclic) bond motifs is 1. The molecule has 2 aromatic rings. The average Bonchev–Trinajstić information content (AvgIpc) is 2.63. The molecule has 8 heteroatoms. The maximum absolute atomic E-state index is 12.8. The summed E-state index contributed by atoms with van der Waals surface area (Å²) in [6.45, 7) is 1.42. The Morgan fingerprint density at radius 1 is 1.11 bits per heavy atom. The largest absolute Gasteiger partial charge is 0.508 e. The second-order valence-corrected chi connectivity index (χ2v) is 5.94. The summed E-state index contributed by atoms with van der Waals surface area (Å²) < 4.78 is 18.7. The van der Waals surface area contributed by atoms with Crippen molar-refractivity contribution >= 4 is 11.9 Å². The third-order valence-electron chi connectivity index (χ3n) is 3.88. The second-order valence-electron chi connectivity index (χ2n) is 5.94. The molecule has 1 atom stereocenters. The number of benzene rings is 2. The Morgan fingerprint density at radius 2 is 1.78 bits per heavy atom. The highest BCUT2D eigenvalue weighted by Crippen LogP contribution is 2.30. The molecule has 4 N–H and O–H groups in total. The Balaban J connectivity index is 0.000000380. The van der Waals surface area contributed by atoms with Crippen LogP contribution in [0.3, 0.4) is 0 Å². The zero-order chi connectivity index (χ0) is 19.8. The van der Waals surface area contributed by atoms with Gasteiger partial charge in [-0.1, -0.05) is 18.2 Å². The molecule has 0 aromatic heterocycles. The lowest BCUT2D eigenvalue weighted by Crippen LogP contribution is -2.33.